The Labute approximate surface area is 111 Å². The van der Waals surface area contributed by atoms with Crippen molar-refractivity contribution in [1.82, 2.24) is 4.90 Å². The van der Waals surface area contributed by atoms with Gasteiger partial charge in [-0.2, -0.15) is 0 Å². The molecule has 0 radical (unpaired) electrons. The van der Waals surface area contributed by atoms with Crippen LogP contribution in [0.2, 0.25) is 0 Å². The molecule has 4 heteroatoms. The summed E-state index contributed by atoms with van der Waals surface area (Å²) in [6, 6.07) is 5.96. The van der Waals surface area contributed by atoms with Gasteiger partial charge in [-0.15, -0.1) is 0 Å². The number of hydrogen-bond donors (Lipinski definition) is 0. The molecule has 0 aliphatic carbocycles. The van der Waals surface area contributed by atoms with Gasteiger partial charge in [-0.05, 0) is 44.2 Å². The third-order valence-electron chi connectivity index (χ3n) is 2.50. The van der Waals surface area contributed by atoms with Crippen LogP contribution in [0.15, 0.2) is 22.7 Å². The molecule has 0 fully saturated rings. The van der Waals surface area contributed by atoms with E-state index in [9.17, 15) is 4.79 Å². The number of benzene rings is 1. The smallest absolute Gasteiger partial charge is 0.143 e. The molecular weight excluding hydrogens is 282 g/mol. The molecule has 0 aromatic heterocycles. The Kier molecular flexibility index (Phi) is 5.65. The molecule has 1 rings (SSSR count). The summed E-state index contributed by atoms with van der Waals surface area (Å²) in [5, 5.41) is 0. The van der Waals surface area contributed by atoms with Crippen LogP contribution in [0, 0.1) is 0 Å². The highest BCUT2D eigenvalue weighted by Crippen LogP contribution is 2.23. The van der Waals surface area contributed by atoms with Crippen LogP contribution in [-0.2, 0) is 11.2 Å². The maximum atomic E-state index is 11.0. The minimum atomic E-state index is 0.189. The molecule has 17 heavy (non-hydrogen) atoms. The van der Waals surface area contributed by atoms with E-state index in [1.165, 1.54) is 0 Å². The highest BCUT2D eigenvalue weighted by molar-refractivity contribution is 9.10. The van der Waals surface area contributed by atoms with Gasteiger partial charge in [0.25, 0.3) is 0 Å². The molecule has 3 nitrogen and oxygen atoms in total. The van der Waals surface area contributed by atoms with Crippen molar-refractivity contribution in [1.29, 1.82) is 0 Å². The first kappa shape index (κ1) is 14.2. The standard InChI is InChI=1S/C13H18BrNO2/c1-10(16)9-15(2)7-6-11-8-12(14)4-5-13(11)17-3/h4-5,8H,6-7,9H2,1-3H3. The number of nitrogens with zero attached hydrogens (tertiary/aromatic N) is 1. The van der Waals surface area contributed by atoms with Gasteiger partial charge in [-0.1, -0.05) is 15.9 Å². The van der Waals surface area contributed by atoms with Crippen molar-refractivity contribution in [3.8, 4) is 5.75 Å². The summed E-state index contributed by atoms with van der Waals surface area (Å²) in [7, 11) is 3.62. The van der Waals surface area contributed by atoms with Crippen molar-refractivity contribution in [2.75, 3.05) is 27.2 Å². The summed E-state index contributed by atoms with van der Waals surface area (Å²) < 4.78 is 6.35. The molecule has 0 unspecified atom stereocenters. The fourth-order valence-electron chi connectivity index (χ4n) is 1.71. The molecule has 0 bridgehead atoms. The van der Waals surface area contributed by atoms with Gasteiger partial charge in [0, 0.05) is 11.0 Å². The van der Waals surface area contributed by atoms with Crippen LogP contribution in [0.1, 0.15) is 12.5 Å². The lowest BCUT2D eigenvalue weighted by Gasteiger charge is -2.16. The van der Waals surface area contributed by atoms with Crippen molar-refractivity contribution in [2.24, 2.45) is 0 Å². The largest absolute Gasteiger partial charge is 0.496 e. The number of carbonyl (C=O) groups is 1. The Hall–Kier alpha value is -0.870. The van der Waals surface area contributed by atoms with Gasteiger partial charge >= 0.3 is 0 Å². The van der Waals surface area contributed by atoms with Gasteiger partial charge in [0.1, 0.15) is 11.5 Å². The number of rotatable bonds is 6. The Morgan fingerprint density at radius 2 is 2.18 bits per heavy atom. The van der Waals surface area contributed by atoms with E-state index in [2.05, 4.69) is 22.0 Å². The molecule has 0 spiro atoms. The predicted molar refractivity (Wildman–Crippen MR) is 72.6 cm³/mol. The third kappa shape index (κ3) is 4.88. The van der Waals surface area contributed by atoms with E-state index in [1.807, 2.05) is 24.1 Å². The number of ether oxygens (including phenoxy) is 1. The summed E-state index contributed by atoms with van der Waals surface area (Å²) in [4.78, 5) is 13.0. The van der Waals surface area contributed by atoms with E-state index in [0.717, 1.165) is 28.8 Å². The minimum Gasteiger partial charge on any atom is -0.496 e. The average Bonchev–Trinajstić information content (AvgIpc) is 2.25. The van der Waals surface area contributed by atoms with Gasteiger partial charge in [-0.25, -0.2) is 0 Å². The van der Waals surface area contributed by atoms with Crippen LogP contribution in [0.3, 0.4) is 0 Å². The molecule has 94 valence electrons. The lowest BCUT2D eigenvalue weighted by molar-refractivity contribution is -0.117. The number of carbonyl (C=O) groups excluding carboxylic acids is 1. The van der Waals surface area contributed by atoms with Crippen molar-refractivity contribution >= 4 is 21.7 Å². The van der Waals surface area contributed by atoms with Gasteiger partial charge in [0.2, 0.25) is 0 Å². The lowest BCUT2D eigenvalue weighted by atomic mass is 10.1. The minimum absolute atomic E-state index is 0.189. The summed E-state index contributed by atoms with van der Waals surface area (Å²) in [6.07, 6.45) is 0.867. The predicted octanol–water partition coefficient (Wildman–Crippen LogP) is 2.52. The number of halogens is 1. The fourth-order valence-corrected chi connectivity index (χ4v) is 2.12. The Bertz CT molecular complexity index is 393. The monoisotopic (exact) mass is 299 g/mol. The van der Waals surface area contributed by atoms with Crippen molar-refractivity contribution in [3.05, 3.63) is 28.2 Å². The summed E-state index contributed by atoms with van der Waals surface area (Å²) in [6.45, 7) is 2.94. The van der Waals surface area contributed by atoms with Gasteiger partial charge in [0.05, 0.1) is 13.7 Å². The molecule has 0 heterocycles. The number of Topliss-reactive ketones (excluding diaryl/α,β-unsaturated/α-hetero) is 1. The summed E-state index contributed by atoms with van der Waals surface area (Å²) in [5.41, 5.74) is 1.15. The first-order chi connectivity index (χ1) is 8.02. The lowest BCUT2D eigenvalue weighted by Crippen LogP contribution is -2.26. The topological polar surface area (TPSA) is 29.5 Å². The third-order valence-corrected chi connectivity index (χ3v) is 2.99. The molecule has 1 aromatic rings. The molecule has 0 saturated carbocycles. The molecular formula is C13H18BrNO2. The SMILES string of the molecule is COc1ccc(Br)cc1CCN(C)CC(C)=O. The van der Waals surface area contributed by atoms with E-state index >= 15 is 0 Å². The molecule has 0 aliphatic heterocycles. The maximum absolute atomic E-state index is 11.0. The molecule has 0 N–H and O–H groups in total. The zero-order valence-corrected chi connectivity index (χ0v) is 12.1. The second-order valence-corrected chi connectivity index (χ2v) is 5.06. The van der Waals surface area contributed by atoms with Gasteiger partial charge < -0.3 is 4.74 Å². The van der Waals surface area contributed by atoms with Crippen molar-refractivity contribution < 1.29 is 9.53 Å². The van der Waals surface area contributed by atoms with Crippen LogP contribution in [0.25, 0.3) is 0 Å². The van der Waals surface area contributed by atoms with Crippen LogP contribution >= 0.6 is 15.9 Å². The van der Waals surface area contributed by atoms with E-state index in [1.54, 1.807) is 14.0 Å². The van der Waals surface area contributed by atoms with E-state index in [0.29, 0.717) is 6.54 Å². The fraction of sp³-hybridized carbons (Fsp3) is 0.462. The average molecular weight is 300 g/mol. The zero-order chi connectivity index (χ0) is 12.8. The normalized spacial score (nSPS) is 10.6. The first-order valence-corrected chi connectivity index (χ1v) is 6.32. The second kappa shape index (κ2) is 6.77. The highest BCUT2D eigenvalue weighted by Gasteiger charge is 2.06. The zero-order valence-electron chi connectivity index (χ0n) is 10.5. The Morgan fingerprint density at radius 1 is 1.47 bits per heavy atom. The van der Waals surface area contributed by atoms with Crippen LogP contribution < -0.4 is 4.74 Å². The first-order valence-electron chi connectivity index (χ1n) is 5.53. The summed E-state index contributed by atoms with van der Waals surface area (Å²) >= 11 is 3.45. The quantitative estimate of drug-likeness (QED) is 0.808. The molecule has 0 atom stereocenters. The maximum Gasteiger partial charge on any atom is 0.143 e. The van der Waals surface area contributed by atoms with Crippen LogP contribution in [0.5, 0.6) is 5.75 Å². The number of methoxy groups -OCH3 is 1. The van der Waals surface area contributed by atoms with Gasteiger partial charge in [0.15, 0.2) is 0 Å². The second-order valence-electron chi connectivity index (χ2n) is 4.15. The molecule has 0 saturated heterocycles. The molecule has 0 aliphatic rings. The number of likely N-dealkylation sites (N-methyl/N-ethyl adjacent to an activating group) is 1. The van der Waals surface area contributed by atoms with Crippen LogP contribution in [0.4, 0.5) is 0 Å². The highest BCUT2D eigenvalue weighted by atomic mass is 79.9. The summed E-state index contributed by atoms with van der Waals surface area (Å²) in [5.74, 6) is 1.08. The van der Waals surface area contributed by atoms with Crippen LogP contribution in [-0.4, -0.2) is 37.9 Å². The number of ketones is 1. The van der Waals surface area contributed by atoms with E-state index in [-0.39, 0.29) is 5.78 Å². The Morgan fingerprint density at radius 3 is 2.76 bits per heavy atom. The molecule has 1 aromatic carbocycles. The number of hydrogen-bond acceptors (Lipinski definition) is 3. The van der Waals surface area contributed by atoms with E-state index < -0.39 is 0 Å². The molecule has 0 amide bonds. The van der Waals surface area contributed by atoms with E-state index in [4.69, 9.17) is 4.74 Å². The van der Waals surface area contributed by atoms with Gasteiger partial charge in [-0.3, -0.25) is 9.69 Å². The van der Waals surface area contributed by atoms with Crippen molar-refractivity contribution in [2.45, 2.75) is 13.3 Å². The van der Waals surface area contributed by atoms with Crippen molar-refractivity contribution in [3.63, 3.8) is 0 Å². The Balaban J connectivity index is 2.61.